The number of nitrogens with one attached hydrogen (secondary N) is 3. The molecule has 2 aromatic carbocycles. The largest absolute Gasteiger partial charge is 0.362 e. The molecule has 0 bridgehead atoms. The summed E-state index contributed by atoms with van der Waals surface area (Å²) in [6.07, 6.45) is 0. The molecule has 0 aliphatic carbocycles. The zero-order chi connectivity index (χ0) is 20.6. The summed E-state index contributed by atoms with van der Waals surface area (Å²) < 4.78 is 3.67. The molecular formula is C18H15Cl2N5OS3. The second-order valence-corrected chi connectivity index (χ2v) is 8.63. The summed E-state index contributed by atoms with van der Waals surface area (Å²) in [6, 6.07) is 12.8. The first-order valence-corrected chi connectivity index (χ1v) is 11.3. The minimum absolute atomic E-state index is 0.293. The van der Waals surface area contributed by atoms with Crippen LogP contribution < -0.4 is 16.0 Å². The smallest absolute Gasteiger partial charge is 0.277 e. The fourth-order valence-electron chi connectivity index (χ4n) is 2.17. The van der Waals surface area contributed by atoms with E-state index < -0.39 is 0 Å². The fraction of sp³-hybridized carbons (Fsp3) is 0.111. The highest BCUT2D eigenvalue weighted by atomic mass is 35.5. The van der Waals surface area contributed by atoms with Crippen LogP contribution in [-0.4, -0.2) is 32.9 Å². The normalized spacial score (nSPS) is 10.4. The molecule has 0 saturated heterocycles. The van der Waals surface area contributed by atoms with E-state index in [1.165, 1.54) is 0 Å². The second-order valence-electron chi connectivity index (χ2n) is 5.63. The first kappa shape index (κ1) is 21.8. The van der Waals surface area contributed by atoms with Crippen molar-refractivity contribution < 1.29 is 4.79 Å². The van der Waals surface area contributed by atoms with Gasteiger partial charge in [-0.25, -0.2) is 0 Å². The maximum Gasteiger partial charge on any atom is 0.277 e. The standard InChI is InChI=1S/C18H15Cl2N5OS3/c19-14-6-5-13(9-15(14)20)28-8-7-21-18(27)23-12-3-1-11(2-4-12)22-17(26)16-10-29-25-24-16/h1-6,9-10H,7-8H2,(H,22,26)(H2,21,23,27). The third-order valence-electron chi connectivity index (χ3n) is 3.54. The molecule has 6 nitrogen and oxygen atoms in total. The Hall–Kier alpha value is -1.91. The number of thioether (sulfide) groups is 1. The number of thiocarbonyl (C=S) groups is 1. The molecule has 11 heteroatoms. The predicted molar refractivity (Wildman–Crippen MR) is 126 cm³/mol. The van der Waals surface area contributed by atoms with Gasteiger partial charge in [-0.2, -0.15) is 0 Å². The van der Waals surface area contributed by atoms with Gasteiger partial charge in [-0.05, 0) is 66.2 Å². The van der Waals surface area contributed by atoms with Crippen LogP contribution in [0.2, 0.25) is 10.0 Å². The Morgan fingerprint density at radius 3 is 2.45 bits per heavy atom. The average molecular weight is 484 g/mol. The number of hydrogen-bond acceptors (Lipinski definition) is 6. The van der Waals surface area contributed by atoms with Crippen LogP contribution in [0.25, 0.3) is 0 Å². The summed E-state index contributed by atoms with van der Waals surface area (Å²) >= 11 is 20.0. The lowest BCUT2D eigenvalue weighted by Crippen LogP contribution is -2.30. The van der Waals surface area contributed by atoms with Crippen LogP contribution in [0, 0.1) is 0 Å². The lowest BCUT2D eigenvalue weighted by atomic mass is 10.2. The van der Waals surface area contributed by atoms with Crippen molar-refractivity contribution in [3.8, 4) is 0 Å². The van der Waals surface area contributed by atoms with E-state index in [1.54, 1.807) is 35.3 Å². The van der Waals surface area contributed by atoms with Gasteiger partial charge in [-0.1, -0.05) is 27.7 Å². The molecule has 0 saturated carbocycles. The molecule has 0 atom stereocenters. The number of amides is 1. The van der Waals surface area contributed by atoms with Gasteiger partial charge in [-0.3, -0.25) is 4.79 Å². The SMILES string of the molecule is O=C(Nc1ccc(NC(=S)NCCSc2ccc(Cl)c(Cl)c2)cc1)c1csnn1. The van der Waals surface area contributed by atoms with E-state index in [1.807, 2.05) is 24.3 Å². The Bertz CT molecular complexity index is 984. The molecule has 0 unspecified atom stereocenters. The molecule has 0 radical (unpaired) electrons. The maximum absolute atomic E-state index is 12.0. The summed E-state index contributed by atoms with van der Waals surface area (Å²) in [5.41, 5.74) is 1.76. The molecule has 0 fully saturated rings. The fourth-order valence-corrected chi connectivity index (χ4v) is 4.00. The predicted octanol–water partition coefficient (Wildman–Crippen LogP) is 5.18. The monoisotopic (exact) mass is 483 g/mol. The quantitative estimate of drug-likeness (QED) is 0.242. The van der Waals surface area contributed by atoms with Crippen LogP contribution in [0.5, 0.6) is 0 Å². The summed E-state index contributed by atoms with van der Waals surface area (Å²) in [6.45, 7) is 0.687. The van der Waals surface area contributed by atoms with Gasteiger partial charge < -0.3 is 16.0 Å². The van der Waals surface area contributed by atoms with Crippen LogP contribution >= 0.6 is 58.7 Å². The Balaban J connectivity index is 1.39. The highest BCUT2D eigenvalue weighted by Gasteiger charge is 2.09. The van der Waals surface area contributed by atoms with Crippen molar-refractivity contribution in [2.45, 2.75) is 4.90 Å². The molecule has 3 N–H and O–H groups in total. The average Bonchev–Trinajstić information content (AvgIpc) is 3.24. The van der Waals surface area contributed by atoms with E-state index in [9.17, 15) is 4.79 Å². The highest BCUT2D eigenvalue weighted by molar-refractivity contribution is 7.99. The molecule has 29 heavy (non-hydrogen) atoms. The number of anilines is 2. The summed E-state index contributed by atoms with van der Waals surface area (Å²) in [4.78, 5) is 13.0. The number of hydrogen-bond donors (Lipinski definition) is 3. The minimum Gasteiger partial charge on any atom is -0.362 e. The third kappa shape index (κ3) is 6.83. The van der Waals surface area contributed by atoms with Gasteiger partial charge in [0, 0.05) is 33.9 Å². The lowest BCUT2D eigenvalue weighted by Gasteiger charge is -2.11. The Labute approximate surface area is 191 Å². The van der Waals surface area contributed by atoms with E-state index in [0.29, 0.717) is 33.1 Å². The van der Waals surface area contributed by atoms with E-state index in [0.717, 1.165) is 27.9 Å². The highest BCUT2D eigenvalue weighted by Crippen LogP contribution is 2.27. The van der Waals surface area contributed by atoms with Crippen molar-refractivity contribution in [1.82, 2.24) is 14.9 Å². The van der Waals surface area contributed by atoms with E-state index >= 15 is 0 Å². The maximum atomic E-state index is 12.0. The molecule has 0 aliphatic rings. The van der Waals surface area contributed by atoms with E-state index in [2.05, 4.69) is 25.5 Å². The molecule has 3 rings (SSSR count). The number of halogens is 2. The zero-order valence-corrected chi connectivity index (χ0v) is 18.8. The van der Waals surface area contributed by atoms with E-state index in [-0.39, 0.29) is 5.91 Å². The number of aromatic nitrogens is 2. The van der Waals surface area contributed by atoms with Crippen LogP contribution in [0.1, 0.15) is 10.5 Å². The molecule has 1 heterocycles. The topological polar surface area (TPSA) is 78.9 Å². The van der Waals surface area contributed by atoms with Gasteiger partial charge in [0.15, 0.2) is 10.8 Å². The summed E-state index contributed by atoms with van der Waals surface area (Å²) in [5, 5.41) is 16.0. The summed E-state index contributed by atoms with van der Waals surface area (Å²) in [7, 11) is 0. The molecule has 150 valence electrons. The number of benzene rings is 2. The number of carbonyl (C=O) groups excluding carboxylic acids is 1. The van der Waals surface area contributed by atoms with Gasteiger partial charge >= 0.3 is 0 Å². The lowest BCUT2D eigenvalue weighted by molar-refractivity contribution is 0.102. The zero-order valence-electron chi connectivity index (χ0n) is 14.8. The van der Waals surface area contributed by atoms with Crippen LogP contribution in [0.4, 0.5) is 11.4 Å². The molecule has 0 spiro atoms. The van der Waals surface area contributed by atoms with Crippen molar-refractivity contribution in [2.24, 2.45) is 0 Å². The summed E-state index contributed by atoms with van der Waals surface area (Å²) in [5.74, 6) is 0.520. The van der Waals surface area contributed by atoms with Crippen LogP contribution in [-0.2, 0) is 0 Å². The van der Waals surface area contributed by atoms with Crippen LogP contribution in [0.15, 0.2) is 52.7 Å². The first-order chi connectivity index (χ1) is 14.0. The van der Waals surface area contributed by atoms with E-state index in [4.69, 9.17) is 35.4 Å². The Morgan fingerprint density at radius 2 is 1.79 bits per heavy atom. The van der Waals surface area contributed by atoms with Gasteiger partial charge in [0.25, 0.3) is 5.91 Å². The Morgan fingerprint density at radius 1 is 1.07 bits per heavy atom. The van der Waals surface area contributed by atoms with Crippen molar-refractivity contribution >= 4 is 81.1 Å². The minimum atomic E-state index is -0.295. The van der Waals surface area contributed by atoms with Crippen molar-refractivity contribution in [3.63, 3.8) is 0 Å². The third-order valence-corrected chi connectivity index (χ3v) is 6.03. The van der Waals surface area contributed by atoms with Crippen molar-refractivity contribution in [2.75, 3.05) is 22.9 Å². The van der Waals surface area contributed by atoms with Gasteiger partial charge in [0.05, 0.1) is 10.0 Å². The van der Waals surface area contributed by atoms with Crippen molar-refractivity contribution in [1.29, 1.82) is 0 Å². The molecular weight excluding hydrogens is 469 g/mol. The molecule has 1 amide bonds. The number of rotatable bonds is 7. The molecule has 0 aliphatic heterocycles. The van der Waals surface area contributed by atoms with Gasteiger partial charge in [0.1, 0.15) is 0 Å². The number of carbonyl (C=O) groups is 1. The Kier molecular flexibility index (Phi) is 8.08. The van der Waals surface area contributed by atoms with Gasteiger partial charge in [0.2, 0.25) is 0 Å². The first-order valence-electron chi connectivity index (χ1n) is 8.32. The van der Waals surface area contributed by atoms with Crippen molar-refractivity contribution in [3.05, 3.63) is 63.6 Å². The second kappa shape index (κ2) is 10.7. The van der Waals surface area contributed by atoms with Crippen LogP contribution in [0.3, 0.4) is 0 Å². The number of nitrogens with zero attached hydrogens (tertiary/aromatic N) is 2. The van der Waals surface area contributed by atoms with Gasteiger partial charge in [-0.15, -0.1) is 16.9 Å². The molecule has 1 aromatic heterocycles. The molecule has 3 aromatic rings.